The van der Waals surface area contributed by atoms with Crippen LogP contribution in [0.1, 0.15) is 17.5 Å². The number of para-hydroxylation sites is 1. The molecule has 0 amide bonds. The van der Waals surface area contributed by atoms with Crippen molar-refractivity contribution in [1.82, 2.24) is 0 Å². The Morgan fingerprint density at radius 1 is 1.19 bits per heavy atom. The zero-order valence-electron chi connectivity index (χ0n) is 10.1. The van der Waals surface area contributed by atoms with E-state index in [1.165, 1.54) is 17.4 Å². The molecule has 0 unspecified atom stereocenters. The van der Waals surface area contributed by atoms with Crippen LogP contribution in [0, 0.1) is 13.8 Å². The minimum atomic E-state index is -2.84. The summed E-state index contributed by atoms with van der Waals surface area (Å²) in [5.74, 6) is 0.241. The summed E-state index contributed by atoms with van der Waals surface area (Å²) in [6.45, 7) is 4.79. The Kier molecular flexibility index (Phi) is 4.35. The average molecular weight is 241 g/mol. The fourth-order valence-corrected chi connectivity index (χ4v) is 2.31. The lowest BCUT2D eigenvalue weighted by atomic mass is 10.1. The van der Waals surface area contributed by atoms with Gasteiger partial charge in [0.2, 0.25) is 0 Å². The molecular formula is C12H19NO2S. The molecule has 0 radical (unpaired) electrons. The van der Waals surface area contributed by atoms with Gasteiger partial charge in [-0.2, -0.15) is 0 Å². The molecule has 1 rings (SSSR count). The molecule has 1 aromatic carbocycles. The van der Waals surface area contributed by atoms with Crippen LogP contribution >= 0.6 is 0 Å². The molecule has 1 N–H and O–H groups in total. The Balaban J connectivity index is 2.49. The van der Waals surface area contributed by atoms with Crippen LogP contribution < -0.4 is 5.32 Å². The van der Waals surface area contributed by atoms with Gasteiger partial charge in [0.05, 0.1) is 5.75 Å². The zero-order valence-corrected chi connectivity index (χ0v) is 10.9. The van der Waals surface area contributed by atoms with E-state index in [1.807, 2.05) is 32.0 Å². The van der Waals surface area contributed by atoms with E-state index in [0.29, 0.717) is 13.0 Å². The predicted molar refractivity (Wildman–Crippen MR) is 68.7 cm³/mol. The van der Waals surface area contributed by atoms with E-state index < -0.39 is 9.84 Å². The van der Waals surface area contributed by atoms with Gasteiger partial charge >= 0.3 is 0 Å². The Morgan fingerprint density at radius 3 is 2.25 bits per heavy atom. The highest BCUT2D eigenvalue weighted by Gasteiger charge is 2.03. The minimum absolute atomic E-state index is 0.241. The van der Waals surface area contributed by atoms with Crippen molar-refractivity contribution >= 4 is 15.5 Å². The van der Waals surface area contributed by atoms with E-state index in [9.17, 15) is 8.42 Å². The number of sulfone groups is 1. The van der Waals surface area contributed by atoms with E-state index in [4.69, 9.17) is 0 Å². The quantitative estimate of drug-likeness (QED) is 0.803. The summed E-state index contributed by atoms with van der Waals surface area (Å²) in [4.78, 5) is 0. The molecule has 0 heterocycles. The minimum Gasteiger partial charge on any atom is -0.385 e. The third-order valence-electron chi connectivity index (χ3n) is 2.47. The zero-order chi connectivity index (χ0) is 12.2. The molecule has 4 heteroatoms. The standard InChI is InChI=1S/C12H19NO2S/c1-10-6-4-7-11(2)12(10)13-8-5-9-16(3,14)15/h4,6-7,13H,5,8-9H2,1-3H3. The summed E-state index contributed by atoms with van der Waals surface area (Å²) in [5.41, 5.74) is 3.51. The normalized spacial score (nSPS) is 11.4. The van der Waals surface area contributed by atoms with Crippen molar-refractivity contribution in [2.45, 2.75) is 20.3 Å². The lowest BCUT2D eigenvalue weighted by Gasteiger charge is -2.12. The van der Waals surface area contributed by atoms with Crippen LogP contribution in [0.2, 0.25) is 0 Å². The number of hydrogen-bond donors (Lipinski definition) is 1. The fourth-order valence-electron chi connectivity index (χ4n) is 1.64. The van der Waals surface area contributed by atoms with Gasteiger partial charge in [-0.15, -0.1) is 0 Å². The third kappa shape index (κ3) is 4.23. The van der Waals surface area contributed by atoms with Crippen molar-refractivity contribution in [1.29, 1.82) is 0 Å². The van der Waals surface area contributed by atoms with Crippen LogP contribution in [-0.4, -0.2) is 27.0 Å². The van der Waals surface area contributed by atoms with Gasteiger partial charge in [-0.05, 0) is 31.4 Å². The maximum atomic E-state index is 10.9. The van der Waals surface area contributed by atoms with Crippen molar-refractivity contribution in [2.75, 3.05) is 23.9 Å². The van der Waals surface area contributed by atoms with Crippen LogP contribution in [0.5, 0.6) is 0 Å². The van der Waals surface area contributed by atoms with Gasteiger partial charge < -0.3 is 5.32 Å². The lowest BCUT2D eigenvalue weighted by Crippen LogP contribution is -2.10. The van der Waals surface area contributed by atoms with Gasteiger partial charge in [-0.3, -0.25) is 0 Å². The highest BCUT2D eigenvalue weighted by molar-refractivity contribution is 7.90. The van der Waals surface area contributed by atoms with Crippen molar-refractivity contribution in [3.8, 4) is 0 Å². The van der Waals surface area contributed by atoms with Crippen molar-refractivity contribution in [3.05, 3.63) is 29.3 Å². The topological polar surface area (TPSA) is 46.2 Å². The second-order valence-corrected chi connectivity index (χ2v) is 6.44. The van der Waals surface area contributed by atoms with E-state index >= 15 is 0 Å². The first kappa shape index (κ1) is 13.0. The lowest BCUT2D eigenvalue weighted by molar-refractivity contribution is 0.600. The van der Waals surface area contributed by atoms with Gasteiger partial charge in [0.1, 0.15) is 9.84 Å². The van der Waals surface area contributed by atoms with Crippen LogP contribution in [0.4, 0.5) is 5.69 Å². The molecule has 1 aromatic rings. The highest BCUT2D eigenvalue weighted by atomic mass is 32.2. The Morgan fingerprint density at radius 2 is 1.75 bits per heavy atom. The van der Waals surface area contributed by atoms with Gasteiger partial charge in [0.15, 0.2) is 0 Å². The fraction of sp³-hybridized carbons (Fsp3) is 0.500. The first-order valence-corrected chi connectivity index (χ1v) is 7.44. The molecule has 90 valence electrons. The van der Waals surface area contributed by atoms with Gasteiger partial charge in [-0.25, -0.2) is 8.42 Å². The molecule has 0 atom stereocenters. The van der Waals surface area contributed by atoms with Crippen molar-refractivity contribution in [3.63, 3.8) is 0 Å². The maximum Gasteiger partial charge on any atom is 0.147 e. The monoisotopic (exact) mass is 241 g/mol. The smallest absolute Gasteiger partial charge is 0.147 e. The SMILES string of the molecule is Cc1cccc(C)c1NCCCS(C)(=O)=O. The summed E-state index contributed by atoms with van der Waals surface area (Å²) in [7, 11) is -2.84. The molecule has 0 aliphatic carbocycles. The van der Waals surface area contributed by atoms with E-state index in [1.54, 1.807) is 0 Å². The third-order valence-corrected chi connectivity index (χ3v) is 3.51. The predicted octanol–water partition coefficient (Wildman–Crippen LogP) is 2.15. The molecule has 0 saturated carbocycles. The largest absolute Gasteiger partial charge is 0.385 e. The summed E-state index contributed by atoms with van der Waals surface area (Å²) < 4.78 is 21.9. The number of rotatable bonds is 5. The highest BCUT2D eigenvalue weighted by Crippen LogP contribution is 2.19. The second-order valence-electron chi connectivity index (χ2n) is 4.18. The average Bonchev–Trinajstić information content (AvgIpc) is 2.14. The van der Waals surface area contributed by atoms with Gasteiger partial charge in [-0.1, -0.05) is 18.2 Å². The molecule has 0 aliphatic rings. The molecule has 0 aromatic heterocycles. The maximum absolute atomic E-state index is 10.9. The summed E-state index contributed by atoms with van der Waals surface area (Å²) in [6, 6.07) is 6.12. The van der Waals surface area contributed by atoms with Gasteiger partial charge in [0.25, 0.3) is 0 Å². The van der Waals surface area contributed by atoms with Gasteiger partial charge in [0, 0.05) is 18.5 Å². The number of nitrogens with one attached hydrogen (secondary N) is 1. The van der Waals surface area contributed by atoms with Crippen LogP contribution in [0.25, 0.3) is 0 Å². The Hall–Kier alpha value is -1.03. The number of benzene rings is 1. The van der Waals surface area contributed by atoms with Crippen molar-refractivity contribution in [2.24, 2.45) is 0 Å². The molecule has 0 fully saturated rings. The summed E-state index contributed by atoms with van der Waals surface area (Å²) in [6.07, 6.45) is 1.92. The molecule has 0 aliphatic heterocycles. The molecule has 3 nitrogen and oxygen atoms in total. The first-order valence-electron chi connectivity index (χ1n) is 5.38. The van der Waals surface area contributed by atoms with E-state index in [-0.39, 0.29) is 5.75 Å². The van der Waals surface area contributed by atoms with Crippen molar-refractivity contribution < 1.29 is 8.42 Å². The van der Waals surface area contributed by atoms with Crippen LogP contribution in [0.15, 0.2) is 18.2 Å². The van der Waals surface area contributed by atoms with E-state index in [2.05, 4.69) is 5.32 Å². The molecule has 16 heavy (non-hydrogen) atoms. The Labute approximate surface area is 97.8 Å². The number of anilines is 1. The number of aryl methyl sites for hydroxylation is 2. The summed E-state index contributed by atoms with van der Waals surface area (Å²) in [5, 5.41) is 3.29. The molecule has 0 bridgehead atoms. The first-order chi connectivity index (χ1) is 7.40. The van der Waals surface area contributed by atoms with E-state index in [0.717, 1.165) is 5.69 Å². The van der Waals surface area contributed by atoms with Crippen LogP contribution in [0.3, 0.4) is 0 Å². The van der Waals surface area contributed by atoms with Crippen LogP contribution in [-0.2, 0) is 9.84 Å². The Bertz CT molecular complexity index is 432. The second kappa shape index (κ2) is 5.34. The number of hydrogen-bond acceptors (Lipinski definition) is 3. The summed E-state index contributed by atoms with van der Waals surface area (Å²) >= 11 is 0. The molecule has 0 saturated heterocycles. The molecular weight excluding hydrogens is 222 g/mol. The molecule has 0 spiro atoms.